The molecular formula is C11H18BrN3O. The molecule has 0 N–H and O–H groups in total. The number of hydrogen-bond acceptors (Lipinski definition) is 4. The normalized spacial score (nSPS) is 10.2. The van der Waals surface area contributed by atoms with Crippen molar-refractivity contribution in [2.45, 2.75) is 20.3 Å². The van der Waals surface area contributed by atoms with Gasteiger partial charge in [0.25, 0.3) is 0 Å². The zero-order valence-electron chi connectivity index (χ0n) is 9.82. The molecule has 90 valence electrons. The number of hydrogen-bond donors (Lipinski definition) is 0. The lowest BCUT2D eigenvalue weighted by molar-refractivity contribution is 0.326. The molecule has 0 saturated carbocycles. The Hall–Kier alpha value is -0.840. The second-order valence-corrected chi connectivity index (χ2v) is 4.04. The summed E-state index contributed by atoms with van der Waals surface area (Å²) in [5.41, 5.74) is 0. The molecule has 0 saturated heterocycles. The van der Waals surface area contributed by atoms with E-state index in [-0.39, 0.29) is 0 Å². The van der Waals surface area contributed by atoms with Gasteiger partial charge in [0.15, 0.2) is 0 Å². The zero-order valence-corrected chi connectivity index (χ0v) is 11.4. The molecule has 16 heavy (non-hydrogen) atoms. The summed E-state index contributed by atoms with van der Waals surface area (Å²) in [6, 6.07) is 1.78. The fraction of sp³-hybridized carbons (Fsp3) is 0.636. The molecule has 5 heteroatoms. The molecule has 1 aromatic heterocycles. The van der Waals surface area contributed by atoms with Crippen LogP contribution in [0.1, 0.15) is 20.3 Å². The van der Waals surface area contributed by atoms with Crippen molar-refractivity contribution in [3.05, 3.63) is 12.3 Å². The van der Waals surface area contributed by atoms with E-state index in [1.165, 1.54) is 0 Å². The highest BCUT2D eigenvalue weighted by atomic mass is 79.9. The Morgan fingerprint density at radius 3 is 2.88 bits per heavy atom. The Balaban J connectivity index is 2.71. The highest BCUT2D eigenvalue weighted by molar-refractivity contribution is 9.09. The van der Waals surface area contributed by atoms with Crippen LogP contribution in [0.5, 0.6) is 5.88 Å². The Kier molecular flexibility index (Phi) is 6.15. The first kappa shape index (κ1) is 13.2. The number of aromatic nitrogens is 2. The summed E-state index contributed by atoms with van der Waals surface area (Å²) < 4.78 is 5.36. The van der Waals surface area contributed by atoms with Crippen molar-refractivity contribution in [1.82, 2.24) is 9.97 Å². The van der Waals surface area contributed by atoms with E-state index in [9.17, 15) is 0 Å². The van der Waals surface area contributed by atoms with Crippen LogP contribution in [0.25, 0.3) is 0 Å². The summed E-state index contributed by atoms with van der Waals surface area (Å²) in [5, 5.41) is 0.995. The van der Waals surface area contributed by atoms with E-state index in [0.717, 1.165) is 30.8 Å². The van der Waals surface area contributed by atoms with Crippen LogP contribution in [0.3, 0.4) is 0 Å². The van der Waals surface area contributed by atoms with Crippen molar-refractivity contribution in [3.8, 4) is 5.88 Å². The first-order chi connectivity index (χ1) is 7.81. The van der Waals surface area contributed by atoms with E-state index in [4.69, 9.17) is 4.74 Å². The summed E-state index contributed by atoms with van der Waals surface area (Å²) in [7, 11) is 0. The molecule has 0 bridgehead atoms. The third-order valence-electron chi connectivity index (χ3n) is 2.14. The number of halogens is 1. The van der Waals surface area contributed by atoms with E-state index in [0.29, 0.717) is 12.5 Å². The summed E-state index contributed by atoms with van der Waals surface area (Å²) in [4.78, 5) is 10.8. The Labute approximate surface area is 105 Å². The van der Waals surface area contributed by atoms with Gasteiger partial charge >= 0.3 is 0 Å². The molecule has 0 fully saturated rings. The molecule has 0 aliphatic heterocycles. The van der Waals surface area contributed by atoms with Gasteiger partial charge in [-0.05, 0) is 20.3 Å². The summed E-state index contributed by atoms with van der Waals surface area (Å²) in [6.45, 7) is 6.54. The lowest BCUT2D eigenvalue weighted by atomic mass is 10.4. The van der Waals surface area contributed by atoms with Gasteiger partial charge in [0.2, 0.25) is 11.8 Å². The topological polar surface area (TPSA) is 38.2 Å². The van der Waals surface area contributed by atoms with Crippen molar-refractivity contribution < 1.29 is 4.74 Å². The van der Waals surface area contributed by atoms with Gasteiger partial charge in [0.1, 0.15) is 0 Å². The van der Waals surface area contributed by atoms with Crippen LogP contribution < -0.4 is 9.64 Å². The standard InChI is InChI=1S/C11H18BrN3O/c1-3-15(9-5-7-12)11-13-8-6-10(14-11)16-4-2/h6,8H,3-5,7,9H2,1-2H3. The second-order valence-electron chi connectivity index (χ2n) is 3.25. The molecule has 0 spiro atoms. The van der Waals surface area contributed by atoms with Crippen molar-refractivity contribution in [1.29, 1.82) is 0 Å². The number of nitrogens with zero attached hydrogens (tertiary/aromatic N) is 3. The van der Waals surface area contributed by atoms with Crippen molar-refractivity contribution >= 4 is 21.9 Å². The lowest BCUT2D eigenvalue weighted by Gasteiger charge is -2.20. The minimum Gasteiger partial charge on any atom is -0.478 e. The monoisotopic (exact) mass is 287 g/mol. The summed E-state index contributed by atoms with van der Waals surface area (Å²) in [6.07, 6.45) is 2.82. The largest absolute Gasteiger partial charge is 0.478 e. The zero-order chi connectivity index (χ0) is 11.8. The molecule has 0 aromatic carbocycles. The molecule has 0 aliphatic carbocycles. The number of alkyl halides is 1. The number of ether oxygens (including phenoxy) is 1. The van der Waals surface area contributed by atoms with Crippen LogP contribution in [0.15, 0.2) is 12.3 Å². The van der Waals surface area contributed by atoms with Crippen LogP contribution in [0, 0.1) is 0 Å². The van der Waals surface area contributed by atoms with Crippen LogP contribution in [-0.2, 0) is 0 Å². The molecule has 1 rings (SSSR count). The highest BCUT2D eigenvalue weighted by Gasteiger charge is 2.07. The number of rotatable bonds is 7. The Morgan fingerprint density at radius 2 is 2.25 bits per heavy atom. The average molecular weight is 288 g/mol. The molecule has 0 amide bonds. The van der Waals surface area contributed by atoms with Gasteiger partial charge in [0.05, 0.1) is 6.61 Å². The van der Waals surface area contributed by atoms with Gasteiger partial charge in [-0.3, -0.25) is 0 Å². The van der Waals surface area contributed by atoms with E-state index < -0.39 is 0 Å². The van der Waals surface area contributed by atoms with Gasteiger partial charge in [0, 0.05) is 30.7 Å². The quantitative estimate of drug-likeness (QED) is 0.722. The molecule has 4 nitrogen and oxygen atoms in total. The minimum atomic E-state index is 0.629. The Bertz CT molecular complexity index is 309. The van der Waals surface area contributed by atoms with Crippen LogP contribution in [-0.4, -0.2) is 35.0 Å². The van der Waals surface area contributed by atoms with Gasteiger partial charge in [-0.1, -0.05) is 15.9 Å². The summed E-state index contributed by atoms with van der Waals surface area (Å²) >= 11 is 3.43. The highest BCUT2D eigenvalue weighted by Crippen LogP contribution is 2.12. The maximum Gasteiger partial charge on any atom is 0.228 e. The molecule has 0 aliphatic rings. The second kappa shape index (κ2) is 7.44. The maximum atomic E-state index is 5.36. The predicted octanol–water partition coefficient (Wildman–Crippen LogP) is 2.49. The molecule has 1 heterocycles. The number of anilines is 1. The van der Waals surface area contributed by atoms with Crippen molar-refractivity contribution in [2.24, 2.45) is 0 Å². The molecule has 0 radical (unpaired) electrons. The fourth-order valence-corrected chi connectivity index (χ4v) is 1.61. The average Bonchev–Trinajstić information content (AvgIpc) is 2.31. The molecule has 1 aromatic rings. The molecular weight excluding hydrogens is 270 g/mol. The van der Waals surface area contributed by atoms with E-state index in [1.807, 2.05) is 6.92 Å². The van der Waals surface area contributed by atoms with Crippen molar-refractivity contribution in [2.75, 3.05) is 29.9 Å². The lowest BCUT2D eigenvalue weighted by Crippen LogP contribution is -2.26. The Morgan fingerprint density at radius 1 is 1.44 bits per heavy atom. The smallest absolute Gasteiger partial charge is 0.228 e. The molecule has 0 atom stereocenters. The van der Waals surface area contributed by atoms with Gasteiger partial charge in [-0.15, -0.1) is 0 Å². The first-order valence-electron chi connectivity index (χ1n) is 5.58. The van der Waals surface area contributed by atoms with E-state index >= 15 is 0 Å². The minimum absolute atomic E-state index is 0.629. The fourth-order valence-electron chi connectivity index (χ4n) is 1.36. The SMILES string of the molecule is CCOc1ccnc(N(CC)CCCBr)n1. The first-order valence-corrected chi connectivity index (χ1v) is 6.70. The molecule has 0 unspecified atom stereocenters. The third-order valence-corrected chi connectivity index (χ3v) is 2.70. The van der Waals surface area contributed by atoms with Crippen LogP contribution in [0.2, 0.25) is 0 Å². The van der Waals surface area contributed by atoms with Gasteiger partial charge < -0.3 is 9.64 Å². The van der Waals surface area contributed by atoms with Gasteiger partial charge in [-0.25, -0.2) is 4.98 Å². The van der Waals surface area contributed by atoms with Gasteiger partial charge in [-0.2, -0.15) is 4.98 Å². The third kappa shape index (κ3) is 3.96. The maximum absolute atomic E-state index is 5.36. The van der Waals surface area contributed by atoms with Crippen molar-refractivity contribution in [3.63, 3.8) is 0 Å². The predicted molar refractivity (Wildman–Crippen MR) is 69.5 cm³/mol. The van der Waals surface area contributed by atoms with E-state index in [1.54, 1.807) is 12.3 Å². The van der Waals surface area contributed by atoms with E-state index in [2.05, 4.69) is 37.7 Å². The van der Waals surface area contributed by atoms with Crippen LogP contribution in [0.4, 0.5) is 5.95 Å². The van der Waals surface area contributed by atoms with Crippen LogP contribution >= 0.6 is 15.9 Å². The summed E-state index contributed by atoms with van der Waals surface area (Å²) in [5.74, 6) is 1.39.